The molecule has 2 aliphatic heterocycles. The zero-order valence-electron chi connectivity index (χ0n) is 21.8. The highest BCUT2D eigenvalue weighted by Crippen LogP contribution is 2.36. The van der Waals surface area contributed by atoms with E-state index in [1.807, 2.05) is 43.0 Å². The average molecular weight is 537 g/mol. The third-order valence-electron chi connectivity index (χ3n) is 7.19. The van der Waals surface area contributed by atoms with Crippen molar-refractivity contribution in [1.82, 2.24) is 9.80 Å². The summed E-state index contributed by atoms with van der Waals surface area (Å²) in [7, 11) is 1.61. The van der Waals surface area contributed by atoms with E-state index in [9.17, 15) is 9.59 Å². The Labute approximate surface area is 226 Å². The Balaban J connectivity index is 1.36. The predicted molar refractivity (Wildman–Crippen MR) is 144 cm³/mol. The minimum absolute atomic E-state index is 0.0209. The topological polar surface area (TPSA) is 77.5 Å². The molecule has 200 valence electrons. The van der Waals surface area contributed by atoms with E-state index >= 15 is 0 Å². The van der Waals surface area contributed by atoms with Gasteiger partial charge in [0.1, 0.15) is 13.2 Å². The number of thiophene rings is 1. The van der Waals surface area contributed by atoms with Gasteiger partial charge in [-0.3, -0.25) is 9.59 Å². The van der Waals surface area contributed by atoms with Gasteiger partial charge in [0.2, 0.25) is 12.7 Å². The fourth-order valence-electron chi connectivity index (χ4n) is 4.86. The van der Waals surface area contributed by atoms with Gasteiger partial charge >= 0.3 is 0 Å². The van der Waals surface area contributed by atoms with Crippen LogP contribution in [0.2, 0.25) is 0 Å². The first-order valence-electron chi connectivity index (χ1n) is 12.8. The molecule has 9 heteroatoms. The summed E-state index contributed by atoms with van der Waals surface area (Å²) < 4.78 is 22.5. The van der Waals surface area contributed by atoms with E-state index in [2.05, 4.69) is 11.4 Å². The standard InChI is InChI=1S/C29H32N2O6S/c1-4-19(2)31(29(33)20-9-10-25-26(15-20)37-18-36-25)16-28(32)30-13-11-27-21(12-14-38-27)22(30)17-35-24-8-6-5-7-23(24)34-3/h5-10,12,14-15,19,22H,4,11,13,16-18H2,1-3H3. The second kappa shape index (κ2) is 11.3. The predicted octanol–water partition coefficient (Wildman–Crippen LogP) is 4.93. The van der Waals surface area contributed by atoms with E-state index in [0.717, 1.165) is 18.4 Å². The summed E-state index contributed by atoms with van der Waals surface area (Å²) in [5.74, 6) is 2.12. The van der Waals surface area contributed by atoms with Crippen molar-refractivity contribution < 1.29 is 28.5 Å². The van der Waals surface area contributed by atoms with Crippen molar-refractivity contribution in [3.8, 4) is 23.0 Å². The van der Waals surface area contributed by atoms with Crippen LogP contribution in [-0.2, 0) is 11.2 Å². The number of hydrogen-bond acceptors (Lipinski definition) is 7. The van der Waals surface area contributed by atoms with Gasteiger partial charge in [-0.2, -0.15) is 0 Å². The number of methoxy groups -OCH3 is 1. The molecular weight excluding hydrogens is 504 g/mol. The van der Waals surface area contributed by atoms with Crippen LogP contribution in [0.25, 0.3) is 0 Å². The van der Waals surface area contributed by atoms with Gasteiger partial charge in [0.25, 0.3) is 5.91 Å². The summed E-state index contributed by atoms with van der Waals surface area (Å²) in [6, 6.07) is 14.3. The molecule has 0 saturated heterocycles. The zero-order chi connectivity index (χ0) is 26.6. The van der Waals surface area contributed by atoms with Crippen molar-refractivity contribution in [3.63, 3.8) is 0 Å². The van der Waals surface area contributed by atoms with Gasteiger partial charge in [-0.05, 0) is 67.1 Å². The molecule has 38 heavy (non-hydrogen) atoms. The number of hydrogen-bond donors (Lipinski definition) is 0. The van der Waals surface area contributed by atoms with Crippen molar-refractivity contribution in [3.05, 3.63) is 69.9 Å². The molecule has 0 aliphatic carbocycles. The third-order valence-corrected chi connectivity index (χ3v) is 8.19. The molecule has 8 nitrogen and oxygen atoms in total. The van der Waals surface area contributed by atoms with E-state index in [1.54, 1.807) is 41.5 Å². The minimum Gasteiger partial charge on any atom is -0.493 e. The van der Waals surface area contributed by atoms with Gasteiger partial charge in [-0.1, -0.05) is 19.1 Å². The Bertz CT molecular complexity index is 1310. The van der Waals surface area contributed by atoms with Crippen molar-refractivity contribution in [2.75, 3.05) is 33.6 Å². The van der Waals surface area contributed by atoms with Gasteiger partial charge in [-0.25, -0.2) is 0 Å². The first kappa shape index (κ1) is 25.9. The van der Waals surface area contributed by atoms with E-state index in [1.165, 1.54) is 4.88 Å². The molecule has 3 heterocycles. The van der Waals surface area contributed by atoms with Crippen LogP contribution in [-0.4, -0.2) is 61.3 Å². The SMILES string of the molecule is CCC(C)N(CC(=O)N1CCc2sccc2C1COc1ccccc1OC)C(=O)c1ccc2c(c1)OCO2. The molecular formula is C29H32N2O6S. The highest BCUT2D eigenvalue weighted by molar-refractivity contribution is 7.10. The summed E-state index contributed by atoms with van der Waals surface area (Å²) in [4.78, 5) is 32.2. The highest BCUT2D eigenvalue weighted by atomic mass is 32.1. The van der Waals surface area contributed by atoms with Crippen LogP contribution >= 0.6 is 11.3 Å². The summed E-state index contributed by atoms with van der Waals surface area (Å²) >= 11 is 1.70. The average Bonchev–Trinajstić information content (AvgIpc) is 3.63. The number of fused-ring (bicyclic) bond motifs is 2. The molecule has 0 radical (unpaired) electrons. The van der Waals surface area contributed by atoms with E-state index in [-0.39, 0.29) is 43.8 Å². The molecule has 0 N–H and O–H groups in total. The molecule has 0 saturated carbocycles. The molecule has 2 aliphatic rings. The van der Waals surface area contributed by atoms with Crippen LogP contribution in [0.5, 0.6) is 23.0 Å². The lowest BCUT2D eigenvalue weighted by molar-refractivity contribution is -0.136. The Morgan fingerprint density at radius 3 is 2.71 bits per heavy atom. The molecule has 0 spiro atoms. The fraction of sp³-hybridized carbons (Fsp3) is 0.379. The Hall–Kier alpha value is -3.72. The summed E-state index contributed by atoms with van der Waals surface area (Å²) in [5.41, 5.74) is 1.57. The summed E-state index contributed by atoms with van der Waals surface area (Å²) in [6.07, 6.45) is 1.50. The van der Waals surface area contributed by atoms with Crippen LogP contribution in [0.1, 0.15) is 47.1 Å². The largest absolute Gasteiger partial charge is 0.493 e. The fourth-order valence-corrected chi connectivity index (χ4v) is 5.79. The monoisotopic (exact) mass is 536 g/mol. The Morgan fingerprint density at radius 2 is 1.92 bits per heavy atom. The maximum atomic E-state index is 13.8. The maximum Gasteiger partial charge on any atom is 0.254 e. The first-order chi connectivity index (χ1) is 18.5. The van der Waals surface area contributed by atoms with Crippen LogP contribution in [0.15, 0.2) is 53.9 Å². The maximum absolute atomic E-state index is 13.8. The van der Waals surface area contributed by atoms with Gasteiger partial charge in [-0.15, -0.1) is 11.3 Å². The highest BCUT2D eigenvalue weighted by Gasteiger charge is 2.35. The normalized spacial score (nSPS) is 16.5. The lowest BCUT2D eigenvalue weighted by Gasteiger charge is -2.38. The van der Waals surface area contributed by atoms with Gasteiger partial charge < -0.3 is 28.7 Å². The van der Waals surface area contributed by atoms with E-state index < -0.39 is 0 Å². The molecule has 2 atom stereocenters. The first-order valence-corrected chi connectivity index (χ1v) is 13.7. The lowest BCUT2D eigenvalue weighted by atomic mass is 10.00. The zero-order valence-corrected chi connectivity index (χ0v) is 22.7. The van der Waals surface area contributed by atoms with Gasteiger partial charge in [0.15, 0.2) is 23.0 Å². The van der Waals surface area contributed by atoms with Crippen molar-refractivity contribution in [1.29, 1.82) is 0 Å². The number of nitrogens with zero attached hydrogens (tertiary/aromatic N) is 2. The second-order valence-electron chi connectivity index (χ2n) is 9.37. The molecule has 2 aromatic carbocycles. The van der Waals surface area contributed by atoms with Crippen LogP contribution in [0.3, 0.4) is 0 Å². The molecule has 2 unspecified atom stereocenters. The van der Waals surface area contributed by atoms with Crippen LogP contribution < -0.4 is 18.9 Å². The van der Waals surface area contributed by atoms with Crippen LogP contribution in [0, 0.1) is 0 Å². The van der Waals surface area contributed by atoms with Gasteiger partial charge in [0.05, 0.1) is 13.2 Å². The number of benzene rings is 2. The minimum atomic E-state index is -0.262. The Kier molecular flexibility index (Phi) is 7.74. The second-order valence-corrected chi connectivity index (χ2v) is 10.4. The number of amides is 2. The number of rotatable bonds is 9. The van der Waals surface area contributed by atoms with Crippen molar-refractivity contribution in [2.24, 2.45) is 0 Å². The quantitative estimate of drug-likeness (QED) is 0.386. The third kappa shape index (κ3) is 5.15. The van der Waals surface area contributed by atoms with Gasteiger partial charge in [0, 0.05) is 23.0 Å². The molecule has 3 aromatic rings. The molecule has 2 amide bonds. The van der Waals surface area contributed by atoms with E-state index in [4.69, 9.17) is 18.9 Å². The van der Waals surface area contributed by atoms with Crippen molar-refractivity contribution >= 4 is 23.2 Å². The molecule has 5 rings (SSSR count). The molecule has 0 bridgehead atoms. The lowest BCUT2D eigenvalue weighted by Crippen LogP contribution is -2.49. The van der Waals surface area contributed by atoms with Crippen molar-refractivity contribution in [2.45, 2.75) is 38.8 Å². The smallest absolute Gasteiger partial charge is 0.254 e. The molecule has 1 aromatic heterocycles. The molecule has 0 fully saturated rings. The number of carbonyl (C=O) groups excluding carboxylic acids is 2. The number of carbonyl (C=O) groups is 2. The number of ether oxygens (including phenoxy) is 4. The summed E-state index contributed by atoms with van der Waals surface area (Å²) in [5, 5.41) is 2.06. The van der Waals surface area contributed by atoms with E-state index in [0.29, 0.717) is 35.1 Å². The summed E-state index contributed by atoms with van der Waals surface area (Å²) in [6.45, 7) is 4.95. The van der Waals surface area contributed by atoms with Crippen LogP contribution in [0.4, 0.5) is 0 Å². The number of para-hydroxylation sites is 2. The Morgan fingerprint density at radius 1 is 1.13 bits per heavy atom.